The van der Waals surface area contributed by atoms with Gasteiger partial charge in [-0.15, -0.1) is 0 Å². The fourth-order valence-electron chi connectivity index (χ4n) is 2.01. The maximum atomic E-state index is 6.36. The third-order valence-electron chi connectivity index (χ3n) is 2.79. The molecule has 8 heteroatoms. The van der Waals surface area contributed by atoms with Crippen LogP contribution in [0.5, 0.6) is 0 Å². The molecular formula is C16H42O2S2Si4. The van der Waals surface area contributed by atoms with Crippen LogP contribution in [-0.2, 0) is 8.85 Å². The average Bonchev–Trinajstić information content (AvgIpc) is 2.25. The van der Waals surface area contributed by atoms with Gasteiger partial charge in [-0.05, 0) is 39.3 Å². The van der Waals surface area contributed by atoms with Crippen molar-refractivity contribution < 1.29 is 8.85 Å². The van der Waals surface area contributed by atoms with Crippen LogP contribution in [0.25, 0.3) is 0 Å². The first kappa shape index (κ1) is 25.5. The summed E-state index contributed by atoms with van der Waals surface area (Å²) in [6.45, 7) is 30.3. The minimum atomic E-state index is -1.49. The summed E-state index contributed by atoms with van der Waals surface area (Å²) in [6, 6.07) is 0. The van der Waals surface area contributed by atoms with Gasteiger partial charge in [-0.2, -0.15) is 22.4 Å². The lowest BCUT2D eigenvalue weighted by Crippen LogP contribution is -2.42. The summed E-state index contributed by atoms with van der Waals surface area (Å²) in [4.78, 5) is 0. The van der Waals surface area contributed by atoms with Crippen molar-refractivity contribution in [3.8, 4) is 0 Å². The monoisotopic (exact) mass is 442 g/mol. The molecule has 0 saturated heterocycles. The van der Waals surface area contributed by atoms with Crippen LogP contribution in [0.15, 0.2) is 0 Å². The van der Waals surface area contributed by atoms with Gasteiger partial charge in [0.1, 0.15) is 14.4 Å². The van der Waals surface area contributed by atoms with Crippen molar-refractivity contribution in [3.05, 3.63) is 0 Å². The van der Waals surface area contributed by atoms with Crippen LogP contribution in [0.3, 0.4) is 0 Å². The summed E-state index contributed by atoms with van der Waals surface area (Å²) in [7, 11) is -5.41. The summed E-state index contributed by atoms with van der Waals surface area (Å²) in [6.07, 6.45) is 0. The Morgan fingerprint density at radius 2 is 0.792 bits per heavy atom. The number of rotatable bonds is 11. The first-order valence-corrected chi connectivity index (χ1v) is 26.0. The van der Waals surface area contributed by atoms with Gasteiger partial charge in [0.25, 0.3) is 0 Å². The van der Waals surface area contributed by atoms with Crippen LogP contribution in [-0.4, -0.2) is 54.8 Å². The predicted octanol–water partition coefficient (Wildman–Crippen LogP) is 6.56. The molecule has 2 unspecified atom stereocenters. The second kappa shape index (κ2) is 9.61. The molecule has 0 aliphatic rings. The van der Waals surface area contributed by atoms with Crippen LogP contribution in [0.2, 0.25) is 78.6 Å². The fourth-order valence-corrected chi connectivity index (χ4v) is 13.9. The molecule has 0 heterocycles. The van der Waals surface area contributed by atoms with Gasteiger partial charge in [0, 0.05) is 23.7 Å². The van der Waals surface area contributed by atoms with Crippen molar-refractivity contribution in [1.29, 1.82) is 0 Å². The molecule has 0 bridgehead atoms. The molecule has 0 aromatic rings. The summed E-state index contributed by atoms with van der Waals surface area (Å²) in [5.41, 5.74) is 0. The largest absolute Gasteiger partial charge is 0.416 e. The lowest BCUT2D eigenvalue weighted by atomic mass is 10.3. The van der Waals surface area contributed by atoms with Gasteiger partial charge in [0.2, 0.25) is 0 Å². The van der Waals surface area contributed by atoms with E-state index in [9.17, 15) is 0 Å². The minimum absolute atomic E-state index is 0.552. The highest BCUT2D eigenvalue weighted by Gasteiger charge is 2.34. The zero-order valence-corrected chi connectivity index (χ0v) is 23.8. The van der Waals surface area contributed by atoms with Crippen molar-refractivity contribution in [1.82, 2.24) is 0 Å². The van der Waals surface area contributed by atoms with Gasteiger partial charge in [0.05, 0.1) is 0 Å². The molecule has 0 fully saturated rings. The molecule has 0 saturated carbocycles. The van der Waals surface area contributed by atoms with E-state index < -0.39 is 31.1 Å². The first-order valence-electron chi connectivity index (χ1n) is 9.02. The summed E-state index contributed by atoms with van der Waals surface area (Å²) in [5.74, 6) is 0. The van der Waals surface area contributed by atoms with Gasteiger partial charge in [-0.3, -0.25) is 0 Å². The summed E-state index contributed by atoms with van der Waals surface area (Å²) >= 11 is 4.43. The van der Waals surface area contributed by atoms with E-state index in [0.29, 0.717) is 10.5 Å². The zero-order valence-electron chi connectivity index (χ0n) is 18.2. The number of hydrogen-bond donors (Lipinski definition) is 0. The van der Waals surface area contributed by atoms with Gasteiger partial charge in [0.15, 0.2) is 16.6 Å². The standard InChI is InChI=1S/C16H42O2S2Si4/c1-21(2,3)17-13-15(19-23(7,8)9)16(20-24(10,11)12)14-18-22(4,5)6/h15-16H,13-14H2,1-12H3. The van der Waals surface area contributed by atoms with Gasteiger partial charge in [-0.25, -0.2) is 0 Å². The SMILES string of the molecule is C[Si](C)(C)OCC(S[Si](C)(C)C)C(CO[Si](C)(C)C)S[Si](C)(C)C. The van der Waals surface area contributed by atoms with Gasteiger partial charge >= 0.3 is 0 Å². The van der Waals surface area contributed by atoms with E-state index in [4.69, 9.17) is 8.85 Å². The Labute approximate surface area is 164 Å². The van der Waals surface area contributed by atoms with E-state index in [1.165, 1.54) is 0 Å². The van der Waals surface area contributed by atoms with E-state index in [0.717, 1.165) is 13.2 Å². The Balaban J connectivity index is 5.26. The molecule has 0 aromatic carbocycles. The second-order valence-electron chi connectivity index (χ2n) is 10.4. The highest BCUT2D eigenvalue weighted by Crippen LogP contribution is 2.37. The predicted molar refractivity (Wildman–Crippen MR) is 128 cm³/mol. The average molecular weight is 443 g/mol. The Morgan fingerprint density at radius 3 is 0.958 bits per heavy atom. The van der Waals surface area contributed by atoms with Crippen LogP contribution in [0, 0.1) is 0 Å². The van der Waals surface area contributed by atoms with E-state index >= 15 is 0 Å². The van der Waals surface area contributed by atoms with Crippen molar-refractivity contribution in [3.63, 3.8) is 0 Å². The molecule has 0 aliphatic carbocycles. The molecule has 0 spiro atoms. The molecule has 0 rings (SSSR count). The van der Waals surface area contributed by atoms with Crippen molar-refractivity contribution in [2.45, 2.75) is 89.1 Å². The Kier molecular flexibility index (Phi) is 10.2. The van der Waals surface area contributed by atoms with Crippen LogP contribution < -0.4 is 0 Å². The minimum Gasteiger partial charge on any atom is -0.416 e. The third-order valence-corrected chi connectivity index (χ3v) is 14.0. The normalized spacial score (nSPS) is 17.0. The Bertz CT molecular complexity index is 332. The highest BCUT2D eigenvalue weighted by molar-refractivity contribution is 8.32. The lowest BCUT2D eigenvalue weighted by molar-refractivity contribution is 0.270. The van der Waals surface area contributed by atoms with Crippen LogP contribution in [0.4, 0.5) is 0 Å². The maximum Gasteiger partial charge on any atom is 0.183 e. The van der Waals surface area contributed by atoms with Crippen LogP contribution in [0.1, 0.15) is 0 Å². The molecule has 24 heavy (non-hydrogen) atoms. The molecular weight excluding hydrogens is 401 g/mol. The van der Waals surface area contributed by atoms with Crippen molar-refractivity contribution in [2.75, 3.05) is 13.2 Å². The summed E-state index contributed by atoms with van der Waals surface area (Å²) < 4.78 is 12.7. The smallest absolute Gasteiger partial charge is 0.183 e. The highest BCUT2D eigenvalue weighted by atomic mass is 32.4. The van der Waals surface area contributed by atoms with Gasteiger partial charge in [-0.1, -0.05) is 39.3 Å². The fraction of sp³-hybridized carbons (Fsp3) is 1.00. The molecule has 0 amide bonds. The molecule has 2 atom stereocenters. The second-order valence-corrected chi connectivity index (χ2v) is 38.3. The first-order chi connectivity index (χ1) is 10.4. The maximum absolute atomic E-state index is 6.36. The lowest BCUT2D eigenvalue weighted by Gasteiger charge is -2.36. The molecule has 146 valence electrons. The third kappa shape index (κ3) is 15.7. The van der Waals surface area contributed by atoms with Crippen LogP contribution >= 0.6 is 22.4 Å². The Hall–Kier alpha value is 1.49. The van der Waals surface area contributed by atoms with Crippen molar-refractivity contribution >= 4 is 53.5 Å². The van der Waals surface area contributed by atoms with E-state index in [1.54, 1.807) is 0 Å². The van der Waals surface area contributed by atoms with E-state index in [2.05, 4.69) is 101 Å². The number of hydrogen-bond acceptors (Lipinski definition) is 4. The molecule has 0 aromatic heterocycles. The molecule has 0 radical (unpaired) electrons. The van der Waals surface area contributed by atoms with Crippen molar-refractivity contribution in [2.24, 2.45) is 0 Å². The van der Waals surface area contributed by atoms with E-state index in [-0.39, 0.29) is 0 Å². The van der Waals surface area contributed by atoms with E-state index in [1.807, 2.05) is 0 Å². The Morgan fingerprint density at radius 1 is 0.542 bits per heavy atom. The molecule has 2 nitrogen and oxygen atoms in total. The summed E-state index contributed by atoms with van der Waals surface area (Å²) in [5, 5.41) is 1.10. The topological polar surface area (TPSA) is 18.5 Å². The molecule has 0 N–H and O–H groups in total. The quantitative estimate of drug-likeness (QED) is 0.337. The molecule has 0 aliphatic heterocycles. The zero-order chi connectivity index (χ0) is 19.4. The van der Waals surface area contributed by atoms with Gasteiger partial charge < -0.3 is 8.85 Å².